The van der Waals surface area contributed by atoms with E-state index < -0.39 is 5.97 Å². The van der Waals surface area contributed by atoms with Gasteiger partial charge in [0.05, 0.1) is 30.3 Å². The Hall–Kier alpha value is -2.77. The van der Waals surface area contributed by atoms with Gasteiger partial charge >= 0.3 is 5.97 Å². The number of aromatic nitrogens is 3. The zero-order valence-electron chi connectivity index (χ0n) is 15.3. The molecule has 2 aromatic carbocycles. The minimum absolute atomic E-state index is 0.0847. The summed E-state index contributed by atoms with van der Waals surface area (Å²) in [6.07, 6.45) is 0. The highest BCUT2D eigenvalue weighted by Crippen LogP contribution is 2.28. The molecule has 1 heterocycles. The van der Waals surface area contributed by atoms with E-state index >= 15 is 0 Å². The third-order valence-electron chi connectivity index (χ3n) is 3.88. The van der Waals surface area contributed by atoms with Gasteiger partial charge in [0.25, 0.3) is 0 Å². The molecule has 9 heteroatoms. The van der Waals surface area contributed by atoms with Crippen LogP contribution >= 0.6 is 23.2 Å². The predicted molar refractivity (Wildman–Crippen MR) is 108 cm³/mol. The van der Waals surface area contributed by atoms with Gasteiger partial charge in [-0.05, 0) is 42.8 Å². The van der Waals surface area contributed by atoms with Crippen LogP contribution in [-0.2, 0) is 11.3 Å². The molecule has 0 unspecified atom stereocenters. The largest absolute Gasteiger partial charge is 0.497 e. The molecule has 1 N–H and O–H groups in total. The van der Waals surface area contributed by atoms with Gasteiger partial charge in [-0.25, -0.2) is 9.48 Å². The highest BCUT2D eigenvalue weighted by atomic mass is 35.5. The second-order valence-corrected chi connectivity index (χ2v) is 6.58. The fraction of sp³-hybridized carbons (Fsp3) is 0.211. The van der Waals surface area contributed by atoms with Crippen molar-refractivity contribution < 1.29 is 14.3 Å². The number of methoxy groups -OCH3 is 1. The lowest BCUT2D eigenvalue weighted by molar-refractivity contribution is 0.0520. The standard InChI is InChI=1S/C19H18Cl2N4O3/c1-3-28-19(26)17-18(22-13-6-9-15(20)16(21)10-13)25(24-23-17)11-12-4-7-14(27-2)8-5-12/h4-10,22H,3,11H2,1-2H3. The van der Waals surface area contributed by atoms with Gasteiger partial charge in [0.2, 0.25) is 5.69 Å². The number of anilines is 2. The highest BCUT2D eigenvalue weighted by Gasteiger charge is 2.21. The number of benzene rings is 2. The van der Waals surface area contributed by atoms with E-state index in [0.717, 1.165) is 11.3 Å². The van der Waals surface area contributed by atoms with Crippen molar-refractivity contribution in [1.29, 1.82) is 0 Å². The quantitative estimate of drug-likeness (QED) is 0.564. The van der Waals surface area contributed by atoms with Gasteiger partial charge in [-0.1, -0.05) is 40.5 Å². The molecule has 0 fully saturated rings. The van der Waals surface area contributed by atoms with E-state index in [0.29, 0.717) is 28.1 Å². The van der Waals surface area contributed by atoms with Crippen molar-refractivity contribution in [1.82, 2.24) is 15.0 Å². The molecule has 7 nitrogen and oxygen atoms in total. The van der Waals surface area contributed by atoms with Gasteiger partial charge in [0, 0.05) is 5.69 Å². The van der Waals surface area contributed by atoms with E-state index in [-0.39, 0.29) is 12.3 Å². The van der Waals surface area contributed by atoms with Crippen LogP contribution in [0.15, 0.2) is 42.5 Å². The smallest absolute Gasteiger partial charge is 0.362 e. The van der Waals surface area contributed by atoms with Gasteiger partial charge in [-0.15, -0.1) is 5.10 Å². The molecule has 0 aliphatic rings. The topological polar surface area (TPSA) is 78.3 Å². The number of nitrogens with one attached hydrogen (secondary N) is 1. The summed E-state index contributed by atoms with van der Waals surface area (Å²) in [5.41, 5.74) is 1.68. The third-order valence-corrected chi connectivity index (χ3v) is 4.62. The number of esters is 1. The van der Waals surface area contributed by atoms with Crippen molar-refractivity contribution >= 4 is 40.7 Å². The first kappa shape index (κ1) is 20.0. The molecule has 3 rings (SSSR count). The Morgan fingerprint density at radius 2 is 1.89 bits per heavy atom. The van der Waals surface area contributed by atoms with E-state index in [1.54, 1.807) is 36.9 Å². The van der Waals surface area contributed by atoms with Crippen molar-refractivity contribution in [2.45, 2.75) is 13.5 Å². The lowest BCUT2D eigenvalue weighted by atomic mass is 10.2. The molecule has 1 aromatic heterocycles. The van der Waals surface area contributed by atoms with Crippen LogP contribution in [0.25, 0.3) is 0 Å². The maximum Gasteiger partial charge on any atom is 0.362 e. The van der Waals surface area contributed by atoms with E-state index in [2.05, 4.69) is 15.6 Å². The Bertz CT molecular complexity index is 974. The monoisotopic (exact) mass is 420 g/mol. The summed E-state index contributed by atoms with van der Waals surface area (Å²) in [6, 6.07) is 12.6. The van der Waals surface area contributed by atoms with Crippen molar-refractivity contribution in [2.75, 3.05) is 19.0 Å². The van der Waals surface area contributed by atoms with E-state index in [1.807, 2.05) is 24.3 Å². The zero-order chi connectivity index (χ0) is 20.1. The minimum atomic E-state index is -0.564. The molecule has 0 radical (unpaired) electrons. The molecule has 0 spiro atoms. The first-order valence-electron chi connectivity index (χ1n) is 8.47. The summed E-state index contributed by atoms with van der Waals surface area (Å²) in [7, 11) is 1.61. The summed E-state index contributed by atoms with van der Waals surface area (Å²) in [4.78, 5) is 12.3. The van der Waals surface area contributed by atoms with Gasteiger partial charge < -0.3 is 14.8 Å². The van der Waals surface area contributed by atoms with Crippen molar-refractivity contribution in [3.8, 4) is 5.75 Å². The molecule has 28 heavy (non-hydrogen) atoms. The fourth-order valence-electron chi connectivity index (χ4n) is 2.50. The SMILES string of the molecule is CCOC(=O)c1nnn(Cc2ccc(OC)cc2)c1Nc1ccc(Cl)c(Cl)c1. The Morgan fingerprint density at radius 3 is 2.54 bits per heavy atom. The summed E-state index contributed by atoms with van der Waals surface area (Å²) >= 11 is 12.1. The molecule has 0 aliphatic carbocycles. The Kier molecular flexibility index (Phi) is 6.38. The lowest BCUT2D eigenvalue weighted by Crippen LogP contribution is -2.11. The van der Waals surface area contributed by atoms with Crippen LogP contribution in [0, 0.1) is 0 Å². The molecule has 146 valence electrons. The van der Waals surface area contributed by atoms with Crippen LogP contribution in [0.2, 0.25) is 10.0 Å². The summed E-state index contributed by atoms with van der Waals surface area (Å²) in [6.45, 7) is 2.35. The van der Waals surface area contributed by atoms with Crippen LogP contribution in [0.1, 0.15) is 23.0 Å². The number of carbonyl (C=O) groups is 1. The Morgan fingerprint density at radius 1 is 1.14 bits per heavy atom. The van der Waals surface area contributed by atoms with Crippen molar-refractivity contribution in [3.05, 3.63) is 63.8 Å². The number of halogens is 2. The van der Waals surface area contributed by atoms with E-state index in [1.165, 1.54) is 0 Å². The second kappa shape index (κ2) is 8.95. The number of nitrogens with zero attached hydrogens (tertiary/aromatic N) is 3. The molecule has 0 atom stereocenters. The first-order chi connectivity index (χ1) is 13.5. The minimum Gasteiger partial charge on any atom is -0.497 e. The molecule has 0 saturated heterocycles. The molecule has 0 bridgehead atoms. The second-order valence-electron chi connectivity index (χ2n) is 5.77. The maximum atomic E-state index is 12.3. The molecule has 0 aliphatic heterocycles. The van der Waals surface area contributed by atoms with Crippen molar-refractivity contribution in [2.24, 2.45) is 0 Å². The molecule has 3 aromatic rings. The normalized spacial score (nSPS) is 10.6. The van der Waals surface area contributed by atoms with Crippen molar-refractivity contribution in [3.63, 3.8) is 0 Å². The Balaban J connectivity index is 1.94. The van der Waals surface area contributed by atoms with Gasteiger partial charge in [-0.2, -0.15) is 0 Å². The van der Waals surface area contributed by atoms with Crippen LogP contribution < -0.4 is 10.1 Å². The van der Waals surface area contributed by atoms with Crippen LogP contribution in [0.3, 0.4) is 0 Å². The third kappa shape index (κ3) is 4.55. The fourth-order valence-corrected chi connectivity index (χ4v) is 2.80. The Labute approximate surface area is 172 Å². The summed E-state index contributed by atoms with van der Waals surface area (Å²) in [5.74, 6) is 0.586. The van der Waals surface area contributed by atoms with Gasteiger partial charge in [-0.3, -0.25) is 0 Å². The summed E-state index contributed by atoms with van der Waals surface area (Å²) in [5, 5.41) is 12.1. The number of hydrogen-bond acceptors (Lipinski definition) is 6. The molecule has 0 amide bonds. The number of hydrogen-bond donors (Lipinski definition) is 1. The predicted octanol–water partition coefficient (Wildman–Crippen LogP) is 4.56. The number of ether oxygens (including phenoxy) is 2. The maximum absolute atomic E-state index is 12.3. The average molecular weight is 421 g/mol. The molecular weight excluding hydrogens is 403 g/mol. The van der Waals surface area contributed by atoms with Crippen LogP contribution in [-0.4, -0.2) is 34.7 Å². The van der Waals surface area contributed by atoms with E-state index in [4.69, 9.17) is 32.7 Å². The van der Waals surface area contributed by atoms with Gasteiger partial charge in [0.15, 0.2) is 5.82 Å². The number of carbonyl (C=O) groups excluding carboxylic acids is 1. The zero-order valence-corrected chi connectivity index (χ0v) is 16.8. The van der Waals surface area contributed by atoms with Crippen LogP contribution in [0.5, 0.6) is 5.75 Å². The average Bonchev–Trinajstić information content (AvgIpc) is 3.08. The van der Waals surface area contributed by atoms with Crippen LogP contribution in [0.4, 0.5) is 11.5 Å². The molecule has 0 saturated carbocycles. The highest BCUT2D eigenvalue weighted by molar-refractivity contribution is 6.42. The first-order valence-corrected chi connectivity index (χ1v) is 9.23. The summed E-state index contributed by atoms with van der Waals surface area (Å²) < 4.78 is 11.8. The van der Waals surface area contributed by atoms with Gasteiger partial charge in [0.1, 0.15) is 5.75 Å². The lowest BCUT2D eigenvalue weighted by Gasteiger charge is -2.11. The van der Waals surface area contributed by atoms with E-state index in [9.17, 15) is 4.79 Å². The molecular formula is C19H18Cl2N4O3. The number of rotatable bonds is 7.